The topological polar surface area (TPSA) is 89.3 Å². The SMILES string of the molecule is Nc1ccccc1CC(=O)NC1CCS(=O)(=O)C1. The average molecular weight is 268 g/mol. The molecule has 0 radical (unpaired) electrons. The lowest BCUT2D eigenvalue weighted by Crippen LogP contribution is -2.36. The summed E-state index contributed by atoms with van der Waals surface area (Å²) in [6.07, 6.45) is 0.682. The third kappa shape index (κ3) is 3.22. The first-order chi connectivity index (χ1) is 8.46. The van der Waals surface area contributed by atoms with E-state index in [1.54, 1.807) is 18.2 Å². The molecule has 18 heavy (non-hydrogen) atoms. The first-order valence-corrected chi connectivity index (χ1v) is 7.61. The average Bonchev–Trinajstić information content (AvgIpc) is 2.61. The van der Waals surface area contributed by atoms with E-state index in [-0.39, 0.29) is 29.9 Å². The van der Waals surface area contributed by atoms with Crippen molar-refractivity contribution in [3.05, 3.63) is 29.8 Å². The fourth-order valence-corrected chi connectivity index (χ4v) is 3.73. The Balaban J connectivity index is 1.92. The van der Waals surface area contributed by atoms with Gasteiger partial charge in [-0.3, -0.25) is 4.79 Å². The third-order valence-corrected chi connectivity index (χ3v) is 4.77. The predicted molar refractivity (Wildman–Crippen MR) is 69.8 cm³/mol. The van der Waals surface area contributed by atoms with Gasteiger partial charge in [0.2, 0.25) is 5.91 Å². The molecule has 1 aromatic rings. The van der Waals surface area contributed by atoms with Crippen molar-refractivity contribution in [1.29, 1.82) is 0 Å². The largest absolute Gasteiger partial charge is 0.398 e. The molecule has 3 N–H and O–H groups in total. The summed E-state index contributed by atoms with van der Waals surface area (Å²) in [6.45, 7) is 0. The highest BCUT2D eigenvalue weighted by molar-refractivity contribution is 7.91. The molecule has 2 rings (SSSR count). The molecule has 0 spiro atoms. The molecule has 1 fully saturated rings. The normalized spacial score (nSPS) is 21.7. The summed E-state index contributed by atoms with van der Waals surface area (Å²) in [5.41, 5.74) is 7.08. The zero-order valence-electron chi connectivity index (χ0n) is 9.93. The number of hydrogen-bond acceptors (Lipinski definition) is 4. The maximum Gasteiger partial charge on any atom is 0.224 e. The van der Waals surface area contributed by atoms with Crippen molar-refractivity contribution < 1.29 is 13.2 Å². The highest BCUT2D eigenvalue weighted by atomic mass is 32.2. The molecule has 0 saturated carbocycles. The first-order valence-electron chi connectivity index (χ1n) is 5.79. The van der Waals surface area contributed by atoms with Crippen LogP contribution in [0.1, 0.15) is 12.0 Å². The smallest absolute Gasteiger partial charge is 0.224 e. The summed E-state index contributed by atoms with van der Waals surface area (Å²) in [6, 6.07) is 6.90. The molecule has 98 valence electrons. The van der Waals surface area contributed by atoms with Gasteiger partial charge in [-0.1, -0.05) is 18.2 Å². The minimum absolute atomic E-state index is 0.0447. The molecule has 0 aromatic heterocycles. The van der Waals surface area contributed by atoms with Crippen LogP contribution < -0.4 is 11.1 Å². The highest BCUT2D eigenvalue weighted by Gasteiger charge is 2.28. The number of amides is 1. The van der Waals surface area contributed by atoms with Crippen LogP contribution in [0.15, 0.2) is 24.3 Å². The van der Waals surface area contributed by atoms with Crippen LogP contribution in [0.3, 0.4) is 0 Å². The molecule has 1 amide bonds. The minimum atomic E-state index is -2.96. The van der Waals surface area contributed by atoms with E-state index in [1.165, 1.54) is 0 Å². The lowest BCUT2D eigenvalue weighted by molar-refractivity contribution is -0.120. The van der Waals surface area contributed by atoms with Crippen LogP contribution in [-0.2, 0) is 21.1 Å². The molecule has 1 aromatic carbocycles. The third-order valence-electron chi connectivity index (χ3n) is 3.00. The van der Waals surface area contributed by atoms with Gasteiger partial charge in [0.05, 0.1) is 17.9 Å². The number of carbonyl (C=O) groups excluding carboxylic acids is 1. The quantitative estimate of drug-likeness (QED) is 0.762. The number of rotatable bonds is 3. The van der Waals surface area contributed by atoms with E-state index in [9.17, 15) is 13.2 Å². The van der Waals surface area contributed by atoms with Gasteiger partial charge in [0, 0.05) is 11.7 Å². The maximum atomic E-state index is 11.8. The number of sulfone groups is 1. The molecule has 6 heteroatoms. The summed E-state index contributed by atoms with van der Waals surface area (Å²) < 4.78 is 22.5. The molecule has 1 aliphatic heterocycles. The van der Waals surface area contributed by atoms with Crippen LogP contribution in [0.2, 0.25) is 0 Å². The lowest BCUT2D eigenvalue weighted by atomic mass is 10.1. The van der Waals surface area contributed by atoms with E-state index >= 15 is 0 Å². The number of para-hydroxylation sites is 1. The van der Waals surface area contributed by atoms with E-state index in [1.807, 2.05) is 6.07 Å². The summed E-state index contributed by atoms with van der Waals surface area (Å²) in [7, 11) is -2.96. The summed E-state index contributed by atoms with van der Waals surface area (Å²) in [5, 5.41) is 2.74. The Hall–Kier alpha value is -1.56. The number of anilines is 1. The molecule has 5 nitrogen and oxygen atoms in total. The molecular formula is C12H16N2O3S. The number of hydrogen-bond donors (Lipinski definition) is 2. The molecule has 1 atom stereocenters. The van der Waals surface area contributed by atoms with Gasteiger partial charge in [0.15, 0.2) is 9.84 Å². The monoisotopic (exact) mass is 268 g/mol. The lowest BCUT2D eigenvalue weighted by Gasteiger charge is -2.11. The van der Waals surface area contributed by atoms with Gasteiger partial charge in [-0.25, -0.2) is 8.42 Å². The van der Waals surface area contributed by atoms with Crippen LogP contribution in [0, 0.1) is 0 Å². The van der Waals surface area contributed by atoms with Crippen LogP contribution in [-0.4, -0.2) is 31.9 Å². The van der Waals surface area contributed by atoms with Crippen LogP contribution in [0.4, 0.5) is 5.69 Å². The maximum absolute atomic E-state index is 11.8. The molecule has 1 heterocycles. The van der Waals surface area contributed by atoms with Crippen molar-refractivity contribution in [1.82, 2.24) is 5.32 Å². The number of carbonyl (C=O) groups is 1. The van der Waals surface area contributed by atoms with Crippen molar-refractivity contribution >= 4 is 21.4 Å². The fraction of sp³-hybridized carbons (Fsp3) is 0.417. The second-order valence-electron chi connectivity index (χ2n) is 4.54. The second kappa shape index (κ2) is 4.97. The summed E-state index contributed by atoms with van der Waals surface area (Å²) in [5.74, 6) is 0.0176. The van der Waals surface area contributed by atoms with Crippen molar-refractivity contribution in [2.75, 3.05) is 17.2 Å². The zero-order valence-corrected chi connectivity index (χ0v) is 10.7. The number of nitrogen functional groups attached to an aromatic ring is 1. The minimum Gasteiger partial charge on any atom is -0.398 e. The Morgan fingerprint density at radius 1 is 1.39 bits per heavy atom. The van der Waals surface area contributed by atoms with Gasteiger partial charge in [-0.05, 0) is 18.1 Å². The van der Waals surface area contributed by atoms with Crippen LogP contribution in [0.5, 0.6) is 0 Å². The Bertz CT molecular complexity index is 554. The van der Waals surface area contributed by atoms with Crippen LogP contribution >= 0.6 is 0 Å². The summed E-state index contributed by atoms with van der Waals surface area (Å²) >= 11 is 0. The van der Waals surface area contributed by atoms with Gasteiger partial charge >= 0.3 is 0 Å². The molecule has 0 bridgehead atoms. The van der Waals surface area contributed by atoms with Gasteiger partial charge in [0.25, 0.3) is 0 Å². The number of nitrogens with one attached hydrogen (secondary N) is 1. The van der Waals surface area contributed by atoms with E-state index in [0.717, 1.165) is 5.56 Å². The molecule has 0 aliphatic carbocycles. The fourth-order valence-electron chi connectivity index (χ4n) is 2.06. The Kier molecular flexibility index (Phi) is 3.56. The van der Waals surface area contributed by atoms with Crippen LogP contribution in [0.25, 0.3) is 0 Å². The van der Waals surface area contributed by atoms with E-state index in [0.29, 0.717) is 12.1 Å². The van der Waals surface area contributed by atoms with Gasteiger partial charge in [-0.15, -0.1) is 0 Å². The van der Waals surface area contributed by atoms with Gasteiger partial charge in [-0.2, -0.15) is 0 Å². The first kappa shape index (κ1) is 12.9. The summed E-state index contributed by atoms with van der Waals surface area (Å²) in [4.78, 5) is 11.8. The molecule has 1 saturated heterocycles. The van der Waals surface area contributed by atoms with E-state index < -0.39 is 9.84 Å². The standard InChI is InChI=1S/C12H16N2O3S/c13-11-4-2-1-3-9(11)7-12(15)14-10-5-6-18(16,17)8-10/h1-4,10H,5-8,13H2,(H,14,15). The molecular weight excluding hydrogens is 252 g/mol. The zero-order chi connectivity index (χ0) is 13.2. The van der Waals surface area contributed by atoms with Crippen molar-refractivity contribution in [2.45, 2.75) is 18.9 Å². The Labute approximate surface area is 106 Å². The highest BCUT2D eigenvalue weighted by Crippen LogP contribution is 2.13. The number of benzene rings is 1. The van der Waals surface area contributed by atoms with Crippen molar-refractivity contribution in [3.8, 4) is 0 Å². The van der Waals surface area contributed by atoms with Gasteiger partial charge < -0.3 is 11.1 Å². The van der Waals surface area contributed by atoms with Gasteiger partial charge in [0.1, 0.15) is 0 Å². The van der Waals surface area contributed by atoms with Crippen molar-refractivity contribution in [2.24, 2.45) is 0 Å². The predicted octanol–water partition coefficient (Wildman–Crippen LogP) is 0.115. The Morgan fingerprint density at radius 3 is 2.72 bits per heavy atom. The number of nitrogens with two attached hydrogens (primary N) is 1. The molecule has 1 unspecified atom stereocenters. The second-order valence-corrected chi connectivity index (χ2v) is 6.77. The van der Waals surface area contributed by atoms with E-state index in [2.05, 4.69) is 5.32 Å². The Morgan fingerprint density at radius 2 is 2.11 bits per heavy atom. The molecule has 1 aliphatic rings. The van der Waals surface area contributed by atoms with E-state index in [4.69, 9.17) is 5.73 Å². The van der Waals surface area contributed by atoms with Crippen molar-refractivity contribution in [3.63, 3.8) is 0 Å².